The number of benzene rings is 1. The minimum absolute atomic E-state index is 0.304. The summed E-state index contributed by atoms with van der Waals surface area (Å²) in [5.41, 5.74) is 0.944. The molecule has 10 heavy (non-hydrogen) atoms. The van der Waals surface area contributed by atoms with Gasteiger partial charge in [0.05, 0.1) is 3.57 Å². The molecule has 0 aromatic heterocycles. The average molecular weight is 268 g/mol. The molecule has 0 spiro atoms. The van der Waals surface area contributed by atoms with E-state index in [-0.39, 0.29) is 0 Å². The van der Waals surface area contributed by atoms with Gasteiger partial charge in [-0.2, -0.15) is 0 Å². The Balaban J connectivity index is 3.04. The Labute approximate surface area is 78.2 Å². The van der Waals surface area contributed by atoms with Crippen LogP contribution in [-0.2, 0) is 5.88 Å². The third-order valence-corrected chi connectivity index (χ3v) is 2.39. The summed E-state index contributed by atoms with van der Waals surface area (Å²) in [6.07, 6.45) is 0. The number of alkyl halides is 1. The fraction of sp³-hybridized carbons (Fsp3) is 0.143. The van der Waals surface area contributed by atoms with Crippen molar-refractivity contribution in [3.8, 4) is 5.75 Å². The molecular weight excluding hydrogens is 262 g/mol. The van der Waals surface area contributed by atoms with Crippen LogP contribution in [0.15, 0.2) is 18.2 Å². The zero-order valence-corrected chi connectivity index (χ0v) is 8.06. The van der Waals surface area contributed by atoms with E-state index < -0.39 is 0 Å². The van der Waals surface area contributed by atoms with Crippen LogP contribution in [0.3, 0.4) is 0 Å². The van der Waals surface area contributed by atoms with Crippen LogP contribution in [0, 0.1) is 3.57 Å². The molecule has 0 unspecified atom stereocenters. The Bertz CT molecular complexity index is 237. The third kappa shape index (κ3) is 1.76. The standard InChI is InChI=1S/C7H6ClIO/c8-4-5-1-2-6(9)7(10)3-5/h1-3,10H,4H2. The Morgan fingerprint density at radius 2 is 2.20 bits per heavy atom. The minimum atomic E-state index is 0.304. The van der Waals surface area contributed by atoms with Crippen molar-refractivity contribution in [1.29, 1.82) is 0 Å². The van der Waals surface area contributed by atoms with Crippen molar-refractivity contribution in [2.75, 3.05) is 0 Å². The number of hydrogen-bond donors (Lipinski definition) is 1. The van der Waals surface area contributed by atoms with Gasteiger partial charge in [0, 0.05) is 5.88 Å². The number of rotatable bonds is 1. The molecule has 0 fully saturated rings. The van der Waals surface area contributed by atoms with Crippen molar-refractivity contribution in [1.82, 2.24) is 0 Å². The molecule has 1 rings (SSSR count). The highest BCUT2D eigenvalue weighted by Crippen LogP contribution is 2.20. The maximum atomic E-state index is 9.17. The number of aromatic hydroxyl groups is 1. The van der Waals surface area contributed by atoms with Crippen LogP contribution < -0.4 is 0 Å². The van der Waals surface area contributed by atoms with Crippen LogP contribution in [0.5, 0.6) is 5.75 Å². The van der Waals surface area contributed by atoms with Gasteiger partial charge in [-0.15, -0.1) is 11.6 Å². The Morgan fingerprint density at radius 3 is 2.70 bits per heavy atom. The van der Waals surface area contributed by atoms with E-state index in [1.165, 1.54) is 0 Å². The second-order valence-corrected chi connectivity index (χ2v) is 3.35. The first kappa shape index (κ1) is 8.14. The SMILES string of the molecule is Oc1cc(CCl)ccc1I. The molecule has 1 nitrogen and oxygen atoms in total. The van der Waals surface area contributed by atoms with Crippen LogP contribution in [0.2, 0.25) is 0 Å². The minimum Gasteiger partial charge on any atom is -0.507 e. The lowest BCUT2D eigenvalue weighted by molar-refractivity contribution is 0.471. The number of phenols is 1. The fourth-order valence-electron chi connectivity index (χ4n) is 0.641. The first-order valence-electron chi connectivity index (χ1n) is 2.77. The van der Waals surface area contributed by atoms with Crippen LogP contribution in [-0.4, -0.2) is 5.11 Å². The molecule has 0 radical (unpaired) electrons. The van der Waals surface area contributed by atoms with E-state index in [2.05, 4.69) is 22.6 Å². The van der Waals surface area contributed by atoms with E-state index in [4.69, 9.17) is 16.7 Å². The van der Waals surface area contributed by atoms with Crippen molar-refractivity contribution >= 4 is 34.2 Å². The molecule has 0 amide bonds. The molecule has 1 aromatic carbocycles. The summed E-state index contributed by atoms with van der Waals surface area (Å²) in [5, 5.41) is 9.17. The summed E-state index contributed by atoms with van der Waals surface area (Å²) in [4.78, 5) is 0. The molecule has 0 aliphatic heterocycles. The van der Waals surface area contributed by atoms with E-state index in [9.17, 15) is 0 Å². The van der Waals surface area contributed by atoms with Crippen LogP contribution in [0.1, 0.15) is 5.56 Å². The van der Waals surface area contributed by atoms with Crippen molar-refractivity contribution in [3.05, 3.63) is 27.3 Å². The molecular formula is C7H6ClIO. The van der Waals surface area contributed by atoms with Gasteiger partial charge in [0.1, 0.15) is 5.75 Å². The van der Waals surface area contributed by atoms with Gasteiger partial charge in [0.15, 0.2) is 0 Å². The van der Waals surface area contributed by atoms with Crippen molar-refractivity contribution < 1.29 is 5.11 Å². The smallest absolute Gasteiger partial charge is 0.129 e. The Morgan fingerprint density at radius 1 is 1.50 bits per heavy atom. The molecule has 0 aliphatic rings. The lowest BCUT2D eigenvalue weighted by Crippen LogP contribution is -1.78. The summed E-state index contributed by atoms with van der Waals surface area (Å²) in [7, 11) is 0. The molecule has 0 heterocycles. The van der Waals surface area contributed by atoms with Gasteiger partial charge in [-0.3, -0.25) is 0 Å². The summed E-state index contributed by atoms with van der Waals surface area (Å²) in [6, 6.07) is 5.41. The normalized spacial score (nSPS) is 9.80. The zero-order chi connectivity index (χ0) is 7.56. The van der Waals surface area contributed by atoms with Gasteiger partial charge in [-0.1, -0.05) is 6.07 Å². The zero-order valence-electron chi connectivity index (χ0n) is 5.14. The van der Waals surface area contributed by atoms with Crippen LogP contribution in [0.4, 0.5) is 0 Å². The van der Waals surface area contributed by atoms with E-state index in [0.29, 0.717) is 11.6 Å². The molecule has 0 saturated heterocycles. The van der Waals surface area contributed by atoms with E-state index in [0.717, 1.165) is 9.13 Å². The summed E-state index contributed by atoms with van der Waals surface area (Å²) >= 11 is 7.60. The number of hydrogen-bond acceptors (Lipinski definition) is 1. The van der Waals surface area contributed by atoms with Gasteiger partial charge in [0.25, 0.3) is 0 Å². The third-order valence-electron chi connectivity index (χ3n) is 1.16. The molecule has 0 atom stereocenters. The largest absolute Gasteiger partial charge is 0.507 e. The molecule has 1 aromatic rings. The summed E-state index contributed by atoms with van der Waals surface area (Å²) in [5.74, 6) is 0.753. The van der Waals surface area contributed by atoms with Crippen molar-refractivity contribution in [2.24, 2.45) is 0 Å². The van der Waals surface area contributed by atoms with Gasteiger partial charge in [0.2, 0.25) is 0 Å². The molecule has 1 N–H and O–H groups in total. The van der Waals surface area contributed by atoms with E-state index in [1.807, 2.05) is 12.1 Å². The Kier molecular flexibility index (Phi) is 2.80. The number of phenolic OH excluding ortho intramolecular Hbond substituents is 1. The number of halogens is 2. The molecule has 54 valence electrons. The van der Waals surface area contributed by atoms with Crippen LogP contribution in [0.25, 0.3) is 0 Å². The molecule has 0 aliphatic carbocycles. The maximum absolute atomic E-state index is 9.17. The monoisotopic (exact) mass is 268 g/mol. The lowest BCUT2D eigenvalue weighted by Gasteiger charge is -1.97. The van der Waals surface area contributed by atoms with Crippen molar-refractivity contribution in [3.63, 3.8) is 0 Å². The highest BCUT2D eigenvalue weighted by atomic mass is 127. The highest BCUT2D eigenvalue weighted by Gasteiger charge is 1.96. The second-order valence-electron chi connectivity index (χ2n) is 1.92. The van der Waals surface area contributed by atoms with Crippen molar-refractivity contribution in [2.45, 2.75) is 5.88 Å². The summed E-state index contributed by atoms with van der Waals surface area (Å²) < 4.78 is 0.853. The Hall–Kier alpha value is 0.0400. The van der Waals surface area contributed by atoms with E-state index >= 15 is 0 Å². The maximum Gasteiger partial charge on any atom is 0.129 e. The van der Waals surface area contributed by atoms with Gasteiger partial charge < -0.3 is 5.11 Å². The molecule has 3 heteroatoms. The topological polar surface area (TPSA) is 20.2 Å². The first-order chi connectivity index (χ1) is 4.74. The first-order valence-corrected chi connectivity index (χ1v) is 4.38. The quantitative estimate of drug-likeness (QED) is 0.613. The summed E-state index contributed by atoms with van der Waals surface area (Å²) in [6.45, 7) is 0. The molecule has 0 bridgehead atoms. The van der Waals surface area contributed by atoms with Gasteiger partial charge >= 0.3 is 0 Å². The fourth-order valence-corrected chi connectivity index (χ4v) is 1.14. The van der Waals surface area contributed by atoms with Gasteiger partial charge in [-0.05, 0) is 40.3 Å². The van der Waals surface area contributed by atoms with Crippen LogP contribution >= 0.6 is 34.2 Å². The predicted molar refractivity (Wildman–Crippen MR) is 50.4 cm³/mol. The lowest BCUT2D eigenvalue weighted by atomic mass is 10.2. The highest BCUT2D eigenvalue weighted by molar-refractivity contribution is 14.1. The average Bonchev–Trinajstić information content (AvgIpc) is 1.95. The molecule has 0 saturated carbocycles. The predicted octanol–water partition coefficient (Wildman–Crippen LogP) is 2.74. The van der Waals surface area contributed by atoms with Gasteiger partial charge in [-0.25, -0.2) is 0 Å². The van der Waals surface area contributed by atoms with E-state index in [1.54, 1.807) is 6.07 Å². The second kappa shape index (κ2) is 3.44.